The molecule has 0 spiro atoms. The first-order chi connectivity index (χ1) is 12.9. The van der Waals surface area contributed by atoms with Crippen molar-refractivity contribution >= 4 is 19.0 Å². The monoisotopic (exact) mass is 377 g/mol. The van der Waals surface area contributed by atoms with Crippen molar-refractivity contribution in [2.75, 3.05) is 26.7 Å². The fourth-order valence-electron chi connectivity index (χ4n) is 3.65. The number of piperidine rings is 1. The van der Waals surface area contributed by atoms with Gasteiger partial charge < -0.3 is 30.5 Å². The molecule has 0 radical (unpaired) electrons. The Morgan fingerprint density at radius 1 is 1.41 bits per heavy atom. The Labute approximate surface area is 157 Å². The van der Waals surface area contributed by atoms with Crippen LogP contribution < -0.4 is 15.3 Å². The molecular formula is C17H24BN3O6. The first-order valence-corrected chi connectivity index (χ1v) is 8.96. The van der Waals surface area contributed by atoms with E-state index < -0.39 is 25.1 Å². The number of fused-ring (bicyclic) bond motifs is 1. The molecule has 2 heterocycles. The molecule has 3 atom stereocenters. The summed E-state index contributed by atoms with van der Waals surface area (Å²) in [7, 11) is 0.469. The van der Waals surface area contributed by atoms with E-state index in [0.29, 0.717) is 18.7 Å². The van der Waals surface area contributed by atoms with E-state index in [4.69, 9.17) is 4.65 Å². The van der Waals surface area contributed by atoms with Crippen molar-refractivity contribution in [2.45, 2.75) is 30.9 Å². The summed E-state index contributed by atoms with van der Waals surface area (Å²) in [4.78, 5) is 25.5. The second kappa shape index (κ2) is 8.26. The van der Waals surface area contributed by atoms with Gasteiger partial charge in [0.05, 0.1) is 24.2 Å². The molecule has 0 aromatic heterocycles. The summed E-state index contributed by atoms with van der Waals surface area (Å²) in [5.74, 6) is -1.95. The van der Waals surface area contributed by atoms with Crippen LogP contribution in [0, 0.1) is 0 Å². The molecule has 1 saturated heterocycles. The number of rotatable bonds is 5. The third-order valence-corrected chi connectivity index (χ3v) is 5.10. The van der Waals surface area contributed by atoms with Crippen LogP contribution in [-0.2, 0) is 11.2 Å². The zero-order valence-corrected chi connectivity index (χ0v) is 15.1. The largest absolute Gasteiger partial charge is 0.547 e. The number of likely N-dealkylation sites (tertiary alicyclic amines) is 1. The topological polar surface area (TPSA) is 131 Å². The number of aliphatic hydroxyl groups is 1. The Hall–Kier alpha value is -2.14. The Bertz CT molecular complexity index is 718. The van der Waals surface area contributed by atoms with Crippen molar-refractivity contribution in [3.05, 3.63) is 29.3 Å². The van der Waals surface area contributed by atoms with Gasteiger partial charge in [0.25, 0.3) is 0 Å². The standard InChI is InChI=1S/C17H24BN3O6/c1-19-12-5-6-21(8-13(12)22)9-15(23)20-14-7-10-3-2-4-11(17(24)25)16(10)27-18(14)26/h2-4,12-14,19,22,26H,5-9H2,1H3,(H,20,23)(H,24,25). The van der Waals surface area contributed by atoms with Crippen molar-refractivity contribution in [3.63, 3.8) is 0 Å². The molecule has 5 N–H and O–H groups in total. The van der Waals surface area contributed by atoms with Gasteiger partial charge in [-0.2, -0.15) is 0 Å². The molecule has 10 heteroatoms. The molecule has 146 valence electrons. The SMILES string of the molecule is CNC1CCN(CC(=O)NC2Cc3cccc(C(=O)O)c3OB2O)CC1O. The quantitative estimate of drug-likeness (QED) is 0.391. The molecule has 1 amide bonds. The van der Waals surface area contributed by atoms with E-state index in [0.717, 1.165) is 6.42 Å². The van der Waals surface area contributed by atoms with Crippen LogP contribution in [0.4, 0.5) is 0 Å². The van der Waals surface area contributed by atoms with Gasteiger partial charge in [0.1, 0.15) is 5.75 Å². The Balaban J connectivity index is 1.59. The summed E-state index contributed by atoms with van der Waals surface area (Å²) in [5.41, 5.74) is 0.605. The maximum Gasteiger partial charge on any atom is 0.547 e. The lowest BCUT2D eigenvalue weighted by Crippen LogP contribution is -2.57. The van der Waals surface area contributed by atoms with Crippen LogP contribution in [0.5, 0.6) is 5.75 Å². The summed E-state index contributed by atoms with van der Waals surface area (Å²) in [6.45, 7) is 1.19. The zero-order valence-electron chi connectivity index (χ0n) is 15.1. The Kier molecular flexibility index (Phi) is 6.00. The fraction of sp³-hybridized carbons (Fsp3) is 0.529. The van der Waals surface area contributed by atoms with Gasteiger partial charge in [-0.25, -0.2) is 4.79 Å². The van der Waals surface area contributed by atoms with Crippen molar-refractivity contribution < 1.29 is 29.5 Å². The normalized spacial score (nSPS) is 25.4. The number of nitrogens with one attached hydrogen (secondary N) is 2. The molecule has 3 unspecified atom stereocenters. The maximum atomic E-state index is 12.4. The Morgan fingerprint density at radius 3 is 2.85 bits per heavy atom. The van der Waals surface area contributed by atoms with Gasteiger partial charge in [-0.05, 0) is 31.5 Å². The third-order valence-electron chi connectivity index (χ3n) is 5.10. The lowest BCUT2D eigenvalue weighted by Gasteiger charge is -2.35. The average Bonchev–Trinajstić information content (AvgIpc) is 2.62. The van der Waals surface area contributed by atoms with Crippen molar-refractivity contribution in [3.8, 4) is 5.75 Å². The van der Waals surface area contributed by atoms with Gasteiger partial charge in [0.2, 0.25) is 5.91 Å². The first-order valence-electron chi connectivity index (χ1n) is 8.96. The average molecular weight is 377 g/mol. The van der Waals surface area contributed by atoms with Crippen LogP contribution in [-0.4, -0.2) is 83.9 Å². The second-order valence-electron chi connectivity index (χ2n) is 6.97. The summed E-state index contributed by atoms with van der Waals surface area (Å²) in [6, 6.07) is 4.76. The van der Waals surface area contributed by atoms with E-state index >= 15 is 0 Å². The van der Waals surface area contributed by atoms with Crippen molar-refractivity contribution in [1.29, 1.82) is 0 Å². The maximum absolute atomic E-state index is 12.4. The number of carboxylic acid groups (broad SMARTS) is 1. The molecule has 1 aromatic carbocycles. The van der Waals surface area contributed by atoms with Crippen LogP contribution in [0.3, 0.4) is 0 Å². The first kappa shape index (κ1) is 19.6. The molecule has 2 aliphatic heterocycles. The number of β-amino-alcohol motifs (C(OH)–C–C–N with tert-alkyl or cyclic N) is 1. The zero-order chi connectivity index (χ0) is 19.6. The number of carboxylic acids is 1. The predicted molar refractivity (Wildman–Crippen MR) is 97.5 cm³/mol. The number of aromatic carboxylic acids is 1. The van der Waals surface area contributed by atoms with Crippen LogP contribution in [0.1, 0.15) is 22.3 Å². The number of amides is 1. The van der Waals surface area contributed by atoms with Gasteiger partial charge in [-0.1, -0.05) is 12.1 Å². The number of hydrogen-bond donors (Lipinski definition) is 5. The third kappa shape index (κ3) is 4.41. The van der Waals surface area contributed by atoms with Crippen LogP contribution in [0.15, 0.2) is 18.2 Å². The highest BCUT2D eigenvalue weighted by atomic mass is 16.5. The smallest absolute Gasteiger partial charge is 0.534 e. The van der Waals surface area contributed by atoms with E-state index in [1.54, 1.807) is 19.2 Å². The Morgan fingerprint density at radius 2 is 2.19 bits per heavy atom. The van der Waals surface area contributed by atoms with Gasteiger partial charge in [-0.15, -0.1) is 0 Å². The lowest BCUT2D eigenvalue weighted by molar-refractivity contribution is -0.123. The van der Waals surface area contributed by atoms with Gasteiger partial charge >= 0.3 is 13.1 Å². The van der Waals surface area contributed by atoms with Crippen LogP contribution in [0.2, 0.25) is 0 Å². The minimum atomic E-state index is -1.33. The molecule has 1 fully saturated rings. The number of benzene rings is 1. The molecule has 27 heavy (non-hydrogen) atoms. The number of carbonyl (C=O) groups excluding carboxylic acids is 1. The molecule has 9 nitrogen and oxygen atoms in total. The van der Waals surface area contributed by atoms with Crippen molar-refractivity contribution in [1.82, 2.24) is 15.5 Å². The van der Waals surface area contributed by atoms with Crippen molar-refractivity contribution in [2.24, 2.45) is 0 Å². The van der Waals surface area contributed by atoms with E-state index in [2.05, 4.69) is 10.6 Å². The minimum Gasteiger partial charge on any atom is -0.534 e. The summed E-state index contributed by atoms with van der Waals surface area (Å²) >= 11 is 0. The summed E-state index contributed by atoms with van der Waals surface area (Å²) in [5, 5.41) is 35.3. The lowest BCUT2D eigenvalue weighted by atomic mass is 9.72. The molecule has 3 rings (SSSR count). The fourth-order valence-corrected chi connectivity index (χ4v) is 3.65. The molecule has 0 saturated carbocycles. The molecule has 1 aromatic rings. The van der Waals surface area contributed by atoms with Gasteiger partial charge in [-0.3, -0.25) is 9.69 Å². The number of carbonyl (C=O) groups is 2. The number of nitrogens with zero attached hydrogens (tertiary/aromatic N) is 1. The van der Waals surface area contributed by atoms with Gasteiger partial charge in [0.15, 0.2) is 0 Å². The highest BCUT2D eigenvalue weighted by molar-refractivity contribution is 6.47. The highest BCUT2D eigenvalue weighted by Gasteiger charge is 2.38. The van der Waals surface area contributed by atoms with E-state index in [-0.39, 0.29) is 36.2 Å². The second-order valence-corrected chi connectivity index (χ2v) is 6.97. The number of aliphatic hydroxyl groups excluding tert-OH is 1. The number of para-hydroxylation sites is 1. The predicted octanol–water partition coefficient (Wildman–Crippen LogP) is -1.52. The molecule has 0 aliphatic carbocycles. The van der Waals surface area contributed by atoms with Gasteiger partial charge in [0, 0.05) is 19.1 Å². The summed E-state index contributed by atoms with van der Waals surface area (Å²) < 4.78 is 5.37. The number of likely N-dealkylation sites (N-methyl/N-ethyl adjacent to an activating group) is 1. The van der Waals surface area contributed by atoms with E-state index in [1.165, 1.54) is 6.07 Å². The highest BCUT2D eigenvalue weighted by Crippen LogP contribution is 2.30. The van der Waals surface area contributed by atoms with E-state index in [9.17, 15) is 24.8 Å². The molecule has 0 bridgehead atoms. The minimum absolute atomic E-state index is 0.0160. The molecule has 2 aliphatic rings. The van der Waals surface area contributed by atoms with Crippen LogP contribution >= 0.6 is 0 Å². The number of hydrogen-bond acceptors (Lipinski definition) is 7. The summed E-state index contributed by atoms with van der Waals surface area (Å²) in [6.07, 6.45) is 0.473. The van der Waals surface area contributed by atoms with Crippen LogP contribution in [0.25, 0.3) is 0 Å². The molecular weight excluding hydrogens is 353 g/mol. The van der Waals surface area contributed by atoms with E-state index in [1.807, 2.05) is 4.90 Å².